The molecule has 2 aromatic rings. The first-order chi connectivity index (χ1) is 12.2. The van der Waals surface area contributed by atoms with Crippen LogP contribution in [0.15, 0.2) is 42.5 Å². The first-order valence-electron chi connectivity index (χ1n) is 8.23. The second kappa shape index (κ2) is 7.82. The van der Waals surface area contributed by atoms with Gasteiger partial charge in [-0.15, -0.1) is 0 Å². The van der Waals surface area contributed by atoms with E-state index in [1.54, 1.807) is 30.1 Å². The molecule has 6 heteroatoms. The largest absolute Gasteiger partial charge is 0.478 e. The molecule has 0 aliphatic heterocycles. The Balaban J connectivity index is 2.21. The van der Waals surface area contributed by atoms with E-state index in [9.17, 15) is 14.4 Å². The molecule has 0 heterocycles. The van der Waals surface area contributed by atoms with E-state index in [1.807, 2.05) is 20.8 Å². The highest BCUT2D eigenvalue weighted by molar-refractivity contribution is 6.05. The Morgan fingerprint density at radius 2 is 1.58 bits per heavy atom. The highest BCUT2D eigenvalue weighted by Crippen LogP contribution is 2.19. The van der Waals surface area contributed by atoms with E-state index in [0.717, 1.165) is 5.56 Å². The van der Waals surface area contributed by atoms with Crippen LogP contribution in [0, 0.1) is 6.92 Å². The van der Waals surface area contributed by atoms with Crippen molar-refractivity contribution in [2.24, 2.45) is 0 Å². The Hall–Kier alpha value is -3.15. The van der Waals surface area contributed by atoms with Gasteiger partial charge in [-0.3, -0.25) is 9.59 Å². The Morgan fingerprint density at radius 3 is 2.12 bits per heavy atom. The molecular weight excluding hydrogens is 332 g/mol. The molecule has 0 atom stereocenters. The smallest absolute Gasteiger partial charge is 0.335 e. The second-order valence-electron chi connectivity index (χ2n) is 6.38. The zero-order valence-corrected chi connectivity index (χ0v) is 15.2. The molecule has 2 rings (SSSR count). The fraction of sp³-hybridized carbons (Fsp3) is 0.250. The van der Waals surface area contributed by atoms with Crippen molar-refractivity contribution in [2.75, 3.05) is 12.4 Å². The van der Waals surface area contributed by atoms with E-state index >= 15 is 0 Å². The molecule has 0 fully saturated rings. The van der Waals surface area contributed by atoms with Gasteiger partial charge in [0.1, 0.15) is 0 Å². The summed E-state index contributed by atoms with van der Waals surface area (Å²) in [5, 5.41) is 11.6. The predicted octanol–water partition coefficient (Wildman–Crippen LogP) is 3.43. The second-order valence-corrected chi connectivity index (χ2v) is 6.38. The van der Waals surface area contributed by atoms with Gasteiger partial charge in [0.2, 0.25) is 0 Å². The molecule has 0 radical (unpaired) electrons. The van der Waals surface area contributed by atoms with Crippen molar-refractivity contribution in [1.82, 2.24) is 4.90 Å². The van der Waals surface area contributed by atoms with Crippen molar-refractivity contribution in [2.45, 2.75) is 26.8 Å². The number of carbonyl (C=O) groups is 3. The van der Waals surface area contributed by atoms with Crippen molar-refractivity contribution >= 4 is 23.5 Å². The first-order valence-corrected chi connectivity index (χ1v) is 8.23. The molecule has 0 aromatic heterocycles. The number of carboxylic acid groups (broad SMARTS) is 1. The Kier molecular flexibility index (Phi) is 5.77. The summed E-state index contributed by atoms with van der Waals surface area (Å²) in [6.07, 6.45) is 0. The van der Waals surface area contributed by atoms with Gasteiger partial charge >= 0.3 is 5.97 Å². The summed E-state index contributed by atoms with van der Waals surface area (Å²) in [5.74, 6) is -1.53. The summed E-state index contributed by atoms with van der Waals surface area (Å²) in [7, 11) is 1.74. The summed E-state index contributed by atoms with van der Waals surface area (Å²) in [6, 6.07) is 10.9. The van der Waals surface area contributed by atoms with Crippen LogP contribution in [0.3, 0.4) is 0 Å². The molecule has 0 bridgehead atoms. The lowest BCUT2D eigenvalue weighted by Crippen LogP contribution is -2.33. The maximum atomic E-state index is 12.6. The van der Waals surface area contributed by atoms with Gasteiger partial charge < -0.3 is 15.3 Å². The fourth-order valence-corrected chi connectivity index (χ4v) is 2.32. The maximum Gasteiger partial charge on any atom is 0.335 e. The Labute approximate surface area is 152 Å². The van der Waals surface area contributed by atoms with Crippen molar-refractivity contribution < 1.29 is 19.5 Å². The van der Waals surface area contributed by atoms with Gasteiger partial charge in [-0.2, -0.15) is 0 Å². The molecule has 0 aliphatic rings. The van der Waals surface area contributed by atoms with Crippen LogP contribution in [-0.4, -0.2) is 40.9 Å². The number of nitrogens with one attached hydrogen (secondary N) is 1. The number of carbonyl (C=O) groups excluding carboxylic acids is 2. The summed E-state index contributed by atoms with van der Waals surface area (Å²) in [4.78, 5) is 37.4. The zero-order chi connectivity index (χ0) is 19.4. The first kappa shape index (κ1) is 19.2. The van der Waals surface area contributed by atoms with Crippen LogP contribution in [0.2, 0.25) is 0 Å². The highest BCUT2D eigenvalue weighted by Gasteiger charge is 2.17. The van der Waals surface area contributed by atoms with Gasteiger partial charge in [0, 0.05) is 29.9 Å². The van der Waals surface area contributed by atoms with Crippen molar-refractivity contribution in [3.05, 3.63) is 64.7 Å². The third-order valence-corrected chi connectivity index (χ3v) is 4.21. The molecule has 26 heavy (non-hydrogen) atoms. The quantitative estimate of drug-likeness (QED) is 0.861. The number of aryl methyl sites for hydroxylation is 1. The molecule has 2 N–H and O–H groups in total. The molecule has 136 valence electrons. The van der Waals surface area contributed by atoms with Crippen LogP contribution in [0.25, 0.3) is 0 Å². The number of benzene rings is 2. The number of hydrogen-bond donors (Lipinski definition) is 2. The summed E-state index contributed by atoms with van der Waals surface area (Å²) < 4.78 is 0. The maximum absolute atomic E-state index is 12.6. The summed E-state index contributed by atoms with van der Waals surface area (Å²) >= 11 is 0. The normalized spacial score (nSPS) is 10.5. The van der Waals surface area contributed by atoms with Crippen LogP contribution >= 0.6 is 0 Å². The highest BCUT2D eigenvalue weighted by atomic mass is 16.4. The van der Waals surface area contributed by atoms with Gasteiger partial charge in [0.25, 0.3) is 11.8 Å². The number of rotatable bonds is 5. The Bertz CT molecular complexity index is 841. The number of nitrogens with zero attached hydrogens (tertiary/aromatic N) is 1. The standard InChI is InChI=1S/C20H22N2O4/c1-12(2)22(4)19(24)17-11-16(10-5-13(17)3)21-18(23)14-6-8-15(9-7-14)20(25)26/h5-12H,1-4H3,(H,21,23)(H,25,26). The number of aromatic carboxylic acids is 1. The van der Waals surface area contributed by atoms with E-state index in [4.69, 9.17) is 5.11 Å². The van der Waals surface area contributed by atoms with E-state index in [2.05, 4.69) is 5.32 Å². The van der Waals surface area contributed by atoms with Crippen molar-refractivity contribution in [3.8, 4) is 0 Å². The predicted molar refractivity (Wildman–Crippen MR) is 99.8 cm³/mol. The van der Waals surface area contributed by atoms with Gasteiger partial charge in [0.05, 0.1) is 5.56 Å². The van der Waals surface area contributed by atoms with Crippen molar-refractivity contribution in [1.29, 1.82) is 0 Å². The number of carboxylic acids is 1. The number of hydrogen-bond acceptors (Lipinski definition) is 3. The average molecular weight is 354 g/mol. The summed E-state index contributed by atoms with van der Waals surface area (Å²) in [5.41, 5.74) is 2.30. The van der Waals surface area contributed by atoms with Crippen LogP contribution in [0.1, 0.15) is 50.5 Å². The minimum Gasteiger partial charge on any atom is -0.478 e. The van der Waals surface area contributed by atoms with E-state index < -0.39 is 5.97 Å². The van der Waals surface area contributed by atoms with E-state index in [1.165, 1.54) is 24.3 Å². The van der Waals surface area contributed by atoms with E-state index in [0.29, 0.717) is 16.8 Å². The van der Waals surface area contributed by atoms with Crippen LogP contribution < -0.4 is 5.32 Å². The topological polar surface area (TPSA) is 86.7 Å². The molecule has 0 unspecified atom stereocenters. The monoisotopic (exact) mass is 354 g/mol. The molecule has 0 aliphatic carbocycles. The van der Waals surface area contributed by atoms with E-state index in [-0.39, 0.29) is 23.4 Å². The molecule has 0 saturated heterocycles. The lowest BCUT2D eigenvalue weighted by atomic mass is 10.1. The molecule has 0 spiro atoms. The van der Waals surface area contributed by atoms with Gasteiger partial charge in [-0.05, 0) is 62.7 Å². The average Bonchev–Trinajstić information content (AvgIpc) is 2.62. The van der Waals surface area contributed by atoms with Crippen LogP contribution in [0.5, 0.6) is 0 Å². The number of amides is 2. The third kappa shape index (κ3) is 4.27. The van der Waals surface area contributed by atoms with Crippen LogP contribution in [0.4, 0.5) is 5.69 Å². The molecule has 2 amide bonds. The third-order valence-electron chi connectivity index (χ3n) is 4.21. The molecular formula is C20H22N2O4. The van der Waals surface area contributed by atoms with Crippen LogP contribution in [-0.2, 0) is 0 Å². The zero-order valence-electron chi connectivity index (χ0n) is 15.2. The Morgan fingerprint density at radius 1 is 1.00 bits per heavy atom. The lowest BCUT2D eigenvalue weighted by Gasteiger charge is -2.22. The molecule has 0 saturated carbocycles. The fourth-order valence-electron chi connectivity index (χ4n) is 2.32. The lowest BCUT2D eigenvalue weighted by molar-refractivity contribution is 0.0695. The van der Waals surface area contributed by atoms with Gasteiger partial charge in [-0.1, -0.05) is 6.07 Å². The van der Waals surface area contributed by atoms with Gasteiger partial charge in [0.15, 0.2) is 0 Å². The summed E-state index contributed by atoms with van der Waals surface area (Å²) in [6.45, 7) is 5.71. The SMILES string of the molecule is Cc1ccc(NC(=O)c2ccc(C(=O)O)cc2)cc1C(=O)N(C)C(C)C. The van der Waals surface area contributed by atoms with Crippen molar-refractivity contribution in [3.63, 3.8) is 0 Å². The van der Waals surface area contributed by atoms with Gasteiger partial charge in [-0.25, -0.2) is 4.79 Å². The minimum atomic E-state index is -1.05. The minimum absolute atomic E-state index is 0.0629. The molecule has 2 aromatic carbocycles. The molecule has 6 nitrogen and oxygen atoms in total. The number of anilines is 1.